The second kappa shape index (κ2) is 7.70. The quantitative estimate of drug-likeness (QED) is 0.761. The summed E-state index contributed by atoms with van der Waals surface area (Å²) < 4.78 is 0. The van der Waals surface area contributed by atoms with Crippen LogP contribution in [0.2, 0.25) is 5.02 Å². The Balaban J connectivity index is 1.52. The van der Waals surface area contributed by atoms with E-state index in [2.05, 4.69) is 15.5 Å². The molecule has 3 N–H and O–H groups in total. The third-order valence-electron chi connectivity index (χ3n) is 4.71. The standard InChI is InChI=1S/C18H20ClN3O3/c19-14-7-5-12(6-8-14)15-9-16(22-21-15)17(23)20-10-11-1-3-13(4-2-11)18(24)25/h5-9,11,13H,1-4,10H2,(H,20,23)(H,21,22)(H,24,25). The number of rotatable bonds is 5. The number of benzene rings is 1. The molecule has 2 aromatic rings. The molecule has 25 heavy (non-hydrogen) atoms. The lowest BCUT2D eigenvalue weighted by Crippen LogP contribution is -2.32. The Morgan fingerprint density at radius 2 is 1.88 bits per heavy atom. The summed E-state index contributed by atoms with van der Waals surface area (Å²) in [5, 5.41) is 19.5. The molecular weight excluding hydrogens is 342 g/mol. The number of hydrogen-bond acceptors (Lipinski definition) is 3. The van der Waals surface area contributed by atoms with Crippen LogP contribution in [0.4, 0.5) is 0 Å². The van der Waals surface area contributed by atoms with E-state index in [1.54, 1.807) is 18.2 Å². The van der Waals surface area contributed by atoms with Crippen LogP contribution < -0.4 is 5.32 Å². The van der Waals surface area contributed by atoms with Gasteiger partial charge in [0.2, 0.25) is 0 Å². The highest BCUT2D eigenvalue weighted by Crippen LogP contribution is 2.28. The molecule has 0 bridgehead atoms. The summed E-state index contributed by atoms with van der Waals surface area (Å²) in [6.07, 6.45) is 3.02. The Hall–Kier alpha value is -2.34. The summed E-state index contributed by atoms with van der Waals surface area (Å²) in [6, 6.07) is 8.96. The van der Waals surface area contributed by atoms with Crippen molar-refractivity contribution in [1.82, 2.24) is 15.5 Å². The summed E-state index contributed by atoms with van der Waals surface area (Å²) in [5.74, 6) is -0.817. The fraction of sp³-hybridized carbons (Fsp3) is 0.389. The molecule has 0 radical (unpaired) electrons. The highest BCUT2D eigenvalue weighted by atomic mass is 35.5. The number of carbonyl (C=O) groups is 2. The lowest BCUT2D eigenvalue weighted by Gasteiger charge is -2.26. The first-order valence-electron chi connectivity index (χ1n) is 8.35. The molecule has 3 rings (SSSR count). The molecule has 1 heterocycles. The molecule has 1 aromatic carbocycles. The van der Waals surface area contributed by atoms with Crippen molar-refractivity contribution in [2.75, 3.05) is 6.54 Å². The highest BCUT2D eigenvalue weighted by Gasteiger charge is 2.26. The predicted molar refractivity (Wildman–Crippen MR) is 94.5 cm³/mol. The maximum absolute atomic E-state index is 12.3. The molecule has 0 saturated heterocycles. The van der Waals surface area contributed by atoms with E-state index in [1.807, 2.05) is 12.1 Å². The van der Waals surface area contributed by atoms with E-state index >= 15 is 0 Å². The zero-order valence-corrected chi connectivity index (χ0v) is 14.4. The van der Waals surface area contributed by atoms with Crippen molar-refractivity contribution in [3.05, 3.63) is 41.0 Å². The predicted octanol–water partition coefficient (Wildman–Crippen LogP) is 3.35. The van der Waals surface area contributed by atoms with E-state index in [1.165, 1.54) is 0 Å². The smallest absolute Gasteiger partial charge is 0.306 e. The first kappa shape index (κ1) is 17.5. The van der Waals surface area contributed by atoms with Crippen LogP contribution in [0.3, 0.4) is 0 Å². The van der Waals surface area contributed by atoms with E-state index in [9.17, 15) is 9.59 Å². The van der Waals surface area contributed by atoms with E-state index < -0.39 is 5.97 Å². The van der Waals surface area contributed by atoms with Gasteiger partial charge in [-0.3, -0.25) is 14.7 Å². The Kier molecular flexibility index (Phi) is 5.38. The normalized spacial score (nSPS) is 20.2. The number of carboxylic acids is 1. The highest BCUT2D eigenvalue weighted by molar-refractivity contribution is 6.30. The number of nitrogens with one attached hydrogen (secondary N) is 2. The van der Waals surface area contributed by atoms with Gasteiger partial charge in [-0.25, -0.2) is 0 Å². The Bertz CT molecular complexity index is 749. The van der Waals surface area contributed by atoms with Crippen LogP contribution in [0.1, 0.15) is 36.2 Å². The van der Waals surface area contributed by atoms with Gasteiger partial charge >= 0.3 is 5.97 Å². The molecule has 1 fully saturated rings. The molecule has 6 nitrogen and oxygen atoms in total. The topological polar surface area (TPSA) is 95.1 Å². The molecular formula is C18H20ClN3O3. The third-order valence-corrected chi connectivity index (χ3v) is 4.96. The van der Waals surface area contributed by atoms with Crippen molar-refractivity contribution in [2.45, 2.75) is 25.7 Å². The van der Waals surface area contributed by atoms with Crippen LogP contribution in [-0.4, -0.2) is 33.7 Å². The van der Waals surface area contributed by atoms with Gasteiger partial charge in [-0.1, -0.05) is 23.7 Å². The number of hydrogen-bond donors (Lipinski definition) is 3. The van der Waals surface area contributed by atoms with Gasteiger partial charge in [0.15, 0.2) is 0 Å². The van der Waals surface area contributed by atoms with Gasteiger partial charge in [0.05, 0.1) is 11.6 Å². The Labute approximate surface area is 150 Å². The molecule has 132 valence electrons. The molecule has 0 atom stereocenters. The van der Waals surface area contributed by atoms with Crippen LogP contribution in [0, 0.1) is 11.8 Å². The molecule has 1 aromatic heterocycles. The number of halogens is 1. The number of aromatic amines is 1. The number of carbonyl (C=O) groups excluding carboxylic acids is 1. The van der Waals surface area contributed by atoms with E-state index in [4.69, 9.17) is 16.7 Å². The summed E-state index contributed by atoms with van der Waals surface area (Å²) in [7, 11) is 0. The molecule has 0 spiro atoms. The molecule has 1 aliphatic rings. The van der Waals surface area contributed by atoms with Crippen LogP contribution in [-0.2, 0) is 4.79 Å². The largest absolute Gasteiger partial charge is 0.481 e. The number of nitrogens with zero attached hydrogens (tertiary/aromatic N) is 1. The van der Waals surface area contributed by atoms with Gasteiger partial charge in [0.25, 0.3) is 5.91 Å². The number of H-pyrrole nitrogens is 1. The fourth-order valence-corrected chi connectivity index (χ4v) is 3.28. The maximum Gasteiger partial charge on any atom is 0.306 e. The fourth-order valence-electron chi connectivity index (χ4n) is 3.15. The SMILES string of the molecule is O=C(NCC1CCC(C(=O)O)CC1)c1cc(-c2ccc(Cl)cc2)n[nH]1. The second-order valence-corrected chi connectivity index (χ2v) is 6.88. The van der Waals surface area contributed by atoms with Gasteiger partial charge in [-0.15, -0.1) is 0 Å². The molecule has 0 aliphatic heterocycles. The first-order chi connectivity index (χ1) is 12.0. The second-order valence-electron chi connectivity index (χ2n) is 6.44. The van der Waals surface area contributed by atoms with Crippen molar-refractivity contribution in [1.29, 1.82) is 0 Å². The van der Waals surface area contributed by atoms with Crippen LogP contribution in [0.25, 0.3) is 11.3 Å². The molecule has 0 unspecified atom stereocenters. The number of carboxylic acid groups (broad SMARTS) is 1. The summed E-state index contributed by atoms with van der Waals surface area (Å²) in [5.41, 5.74) is 1.97. The van der Waals surface area contributed by atoms with Gasteiger partial charge in [-0.05, 0) is 49.8 Å². The minimum absolute atomic E-state index is 0.201. The van der Waals surface area contributed by atoms with Crippen molar-refractivity contribution in [2.24, 2.45) is 11.8 Å². The Morgan fingerprint density at radius 1 is 1.20 bits per heavy atom. The molecule has 1 saturated carbocycles. The van der Waals surface area contributed by atoms with Crippen molar-refractivity contribution in [3.63, 3.8) is 0 Å². The maximum atomic E-state index is 12.3. The van der Waals surface area contributed by atoms with Crippen LogP contribution in [0.5, 0.6) is 0 Å². The van der Waals surface area contributed by atoms with Crippen LogP contribution in [0.15, 0.2) is 30.3 Å². The van der Waals surface area contributed by atoms with Crippen molar-refractivity contribution < 1.29 is 14.7 Å². The van der Waals surface area contributed by atoms with Gasteiger partial charge in [0, 0.05) is 17.1 Å². The third kappa shape index (κ3) is 4.39. The average Bonchev–Trinajstić information content (AvgIpc) is 3.11. The van der Waals surface area contributed by atoms with Gasteiger partial charge < -0.3 is 10.4 Å². The van der Waals surface area contributed by atoms with Crippen LogP contribution >= 0.6 is 11.6 Å². The monoisotopic (exact) mass is 361 g/mol. The summed E-state index contributed by atoms with van der Waals surface area (Å²) in [6.45, 7) is 0.556. The molecule has 1 aliphatic carbocycles. The van der Waals surface area contributed by atoms with Crippen molar-refractivity contribution >= 4 is 23.5 Å². The van der Waals surface area contributed by atoms with Gasteiger partial charge in [-0.2, -0.15) is 5.10 Å². The van der Waals surface area contributed by atoms with E-state index in [-0.39, 0.29) is 11.8 Å². The minimum atomic E-state index is -0.713. The number of aliphatic carboxylic acids is 1. The van der Waals surface area contributed by atoms with Crippen molar-refractivity contribution in [3.8, 4) is 11.3 Å². The molecule has 7 heteroatoms. The van der Waals surface area contributed by atoms with E-state index in [0.717, 1.165) is 18.4 Å². The minimum Gasteiger partial charge on any atom is -0.481 e. The first-order valence-corrected chi connectivity index (χ1v) is 8.73. The Morgan fingerprint density at radius 3 is 2.52 bits per heavy atom. The molecule has 1 amide bonds. The zero-order valence-electron chi connectivity index (χ0n) is 13.7. The number of aromatic nitrogens is 2. The summed E-state index contributed by atoms with van der Waals surface area (Å²) >= 11 is 5.87. The van der Waals surface area contributed by atoms with E-state index in [0.29, 0.717) is 41.7 Å². The lowest BCUT2D eigenvalue weighted by atomic mass is 9.82. The summed E-state index contributed by atoms with van der Waals surface area (Å²) in [4.78, 5) is 23.2. The zero-order chi connectivity index (χ0) is 17.8. The van der Waals surface area contributed by atoms with Gasteiger partial charge in [0.1, 0.15) is 5.69 Å². The number of amides is 1. The average molecular weight is 362 g/mol. The lowest BCUT2D eigenvalue weighted by molar-refractivity contribution is -0.143.